The molecule has 0 saturated carbocycles. The van der Waals surface area contributed by atoms with Gasteiger partial charge in [-0.25, -0.2) is 9.97 Å². The van der Waals surface area contributed by atoms with Crippen molar-refractivity contribution in [2.45, 2.75) is 25.3 Å². The van der Waals surface area contributed by atoms with Gasteiger partial charge in [-0.15, -0.1) is 11.3 Å². The van der Waals surface area contributed by atoms with Crippen LogP contribution in [0, 0.1) is 10.1 Å². The van der Waals surface area contributed by atoms with Crippen LogP contribution in [-0.4, -0.2) is 14.9 Å². The van der Waals surface area contributed by atoms with Crippen LogP contribution in [0.4, 0.5) is 11.6 Å². The lowest BCUT2D eigenvalue weighted by Gasteiger charge is -2.23. The van der Waals surface area contributed by atoms with Gasteiger partial charge in [0.15, 0.2) is 0 Å². The molecule has 0 bridgehead atoms. The molecule has 7 heteroatoms. The van der Waals surface area contributed by atoms with Crippen LogP contribution in [0.3, 0.4) is 0 Å². The quantitative estimate of drug-likeness (QED) is 0.688. The van der Waals surface area contributed by atoms with Gasteiger partial charge in [0.05, 0.1) is 11.0 Å². The Hall–Kier alpha value is -2.02. The molecule has 0 amide bonds. The molecule has 2 aromatic heterocycles. The predicted octanol–water partition coefficient (Wildman–Crippen LogP) is 2.94. The van der Waals surface area contributed by atoms with Crippen LogP contribution in [0.25, 0.3) is 0 Å². The summed E-state index contributed by atoms with van der Waals surface area (Å²) in [5.41, 5.74) is 1.21. The molecule has 2 aromatic rings. The number of nitrogens with zero attached hydrogens (tertiary/aromatic N) is 3. The van der Waals surface area contributed by atoms with Crippen LogP contribution < -0.4 is 5.32 Å². The summed E-state index contributed by atoms with van der Waals surface area (Å²) in [7, 11) is 0. The highest BCUT2D eigenvalue weighted by molar-refractivity contribution is 7.10. The lowest BCUT2D eigenvalue weighted by molar-refractivity contribution is -0.385. The van der Waals surface area contributed by atoms with Gasteiger partial charge in [0, 0.05) is 4.88 Å². The molecular weight excluding hydrogens is 264 g/mol. The SMILES string of the molecule is O=[N+]([O-])c1cnc(NC2CCCc3sccc32)nc1. The molecule has 0 radical (unpaired) electrons. The molecule has 0 saturated heterocycles. The highest BCUT2D eigenvalue weighted by Gasteiger charge is 2.21. The minimum absolute atomic E-state index is 0.0922. The topological polar surface area (TPSA) is 81.0 Å². The molecule has 1 atom stereocenters. The number of thiophene rings is 1. The second-order valence-corrected chi connectivity index (χ2v) is 5.41. The van der Waals surface area contributed by atoms with Gasteiger partial charge in [0.25, 0.3) is 0 Å². The minimum atomic E-state index is -0.499. The Labute approximate surface area is 113 Å². The monoisotopic (exact) mass is 276 g/mol. The summed E-state index contributed by atoms with van der Waals surface area (Å²) in [5, 5.41) is 15.9. The Kier molecular flexibility index (Phi) is 3.12. The maximum Gasteiger partial charge on any atom is 0.305 e. The van der Waals surface area contributed by atoms with Crippen LogP contribution >= 0.6 is 11.3 Å². The molecule has 0 aromatic carbocycles. The van der Waals surface area contributed by atoms with Crippen molar-refractivity contribution in [3.63, 3.8) is 0 Å². The van der Waals surface area contributed by atoms with Gasteiger partial charge in [-0.3, -0.25) is 10.1 Å². The molecule has 0 fully saturated rings. The van der Waals surface area contributed by atoms with Gasteiger partial charge < -0.3 is 5.32 Å². The summed E-state index contributed by atoms with van der Waals surface area (Å²) < 4.78 is 0. The van der Waals surface area contributed by atoms with Crippen LogP contribution in [0.15, 0.2) is 23.8 Å². The Balaban J connectivity index is 1.78. The van der Waals surface area contributed by atoms with Gasteiger partial charge in [0.1, 0.15) is 12.4 Å². The number of nitro groups is 1. The third-order valence-corrected chi connectivity index (χ3v) is 4.20. The first kappa shape index (κ1) is 12.0. The third-order valence-electron chi connectivity index (χ3n) is 3.20. The smallest absolute Gasteiger partial charge is 0.305 e. The zero-order chi connectivity index (χ0) is 13.2. The summed E-state index contributed by atoms with van der Waals surface area (Å²) >= 11 is 1.78. The molecule has 0 aliphatic heterocycles. The molecule has 1 unspecified atom stereocenters. The fourth-order valence-electron chi connectivity index (χ4n) is 2.28. The van der Waals surface area contributed by atoms with E-state index in [1.807, 2.05) is 0 Å². The maximum atomic E-state index is 10.5. The largest absolute Gasteiger partial charge is 0.347 e. The summed E-state index contributed by atoms with van der Waals surface area (Å²) in [6.07, 6.45) is 5.76. The van der Waals surface area contributed by atoms with E-state index in [4.69, 9.17) is 0 Å². The van der Waals surface area contributed by atoms with E-state index in [0.717, 1.165) is 19.3 Å². The maximum absolute atomic E-state index is 10.5. The Morgan fingerprint density at radius 2 is 2.21 bits per heavy atom. The number of nitrogens with one attached hydrogen (secondary N) is 1. The summed E-state index contributed by atoms with van der Waals surface area (Å²) in [6.45, 7) is 0. The molecular formula is C12H12N4O2S. The number of aromatic nitrogens is 2. The van der Waals surface area contributed by atoms with Gasteiger partial charge in [-0.05, 0) is 36.3 Å². The van der Waals surface area contributed by atoms with Crippen molar-refractivity contribution >= 4 is 23.0 Å². The molecule has 1 aliphatic carbocycles. The molecule has 19 heavy (non-hydrogen) atoms. The summed E-state index contributed by atoms with van der Waals surface area (Å²) in [4.78, 5) is 19.4. The van der Waals surface area contributed by atoms with Crippen molar-refractivity contribution in [2.75, 3.05) is 5.32 Å². The molecule has 0 spiro atoms. The van der Waals surface area contributed by atoms with E-state index >= 15 is 0 Å². The lowest BCUT2D eigenvalue weighted by atomic mass is 9.94. The first-order valence-electron chi connectivity index (χ1n) is 6.03. The second kappa shape index (κ2) is 4.93. The number of hydrogen-bond donors (Lipinski definition) is 1. The van der Waals surface area contributed by atoms with Crippen molar-refractivity contribution in [3.05, 3.63) is 44.4 Å². The van der Waals surface area contributed by atoms with Gasteiger partial charge in [-0.1, -0.05) is 0 Å². The number of aryl methyl sites for hydroxylation is 1. The van der Waals surface area contributed by atoms with E-state index in [2.05, 4.69) is 26.7 Å². The van der Waals surface area contributed by atoms with E-state index in [-0.39, 0.29) is 11.7 Å². The van der Waals surface area contributed by atoms with Crippen molar-refractivity contribution < 1.29 is 4.92 Å². The van der Waals surface area contributed by atoms with Crippen molar-refractivity contribution in [3.8, 4) is 0 Å². The van der Waals surface area contributed by atoms with Crippen LogP contribution in [0.1, 0.15) is 29.3 Å². The third kappa shape index (κ3) is 2.41. The standard InChI is InChI=1S/C12H12N4O2S/c17-16(18)8-6-13-12(14-7-8)15-10-2-1-3-11-9(10)4-5-19-11/h4-7,10H,1-3H2,(H,13,14,15). The highest BCUT2D eigenvalue weighted by Crippen LogP contribution is 2.34. The Bertz CT molecular complexity index is 596. The minimum Gasteiger partial charge on any atom is -0.347 e. The molecule has 98 valence electrons. The summed E-state index contributed by atoms with van der Waals surface area (Å²) in [5.74, 6) is 0.439. The summed E-state index contributed by atoms with van der Waals surface area (Å²) in [6, 6.07) is 2.33. The predicted molar refractivity (Wildman–Crippen MR) is 72.3 cm³/mol. The molecule has 2 heterocycles. The number of hydrogen-bond acceptors (Lipinski definition) is 6. The van der Waals surface area contributed by atoms with Crippen LogP contribution in [-0.2, 0) is 6.42 Å². The van der Waals surface area contributed by atoms with Crippen LogP contribution in [0.5, 0.6) is 0 Å². The van der Waals surface area contributed by atoms with E-state index in [9.17, 15) is 10.1 Å². The Morgan fingerprint density at radius 3 is 2.95 bits per heavy atom. The Morgan fingerprint density at radius 1 is 1.42 bits per heavy atom. The average Bonchev–Trinajstić information content (AvgIpc) is 2.89. The molecule has 3 rings (SSSR count). The molecule has 1 N–H and O–H groups in total. The van der Waals surface area contributed by atoms with Gasteiger partial charge >= 0.3 is 5.69 Å². The zero-order valence-electron chi connectivity index (χ0n) is 10.1. The molecule has 1 aliphatic rings. The van der Waals surface area contributed by atoms with Gasteiger partial charge in [0.2, 0.25) is 5.95 Å². The number of fused-ring (bicyclic) bond motifs is 1. The van der Waals surface area contributed by atoms with E-state index < -0.39 is 4.92 Å². The highest BCUT2D eigenvalue weighted by atomic mass is 32.1. The first-order chi connectivity index (χ1) is 9.24. The van der Waals surface area contributed by atoms with Crippen molar-refractivity contribution in [1.29, 1.82) is 0 Å². The lowest BCUT2D eigenvalue weighted by Crippen LogP contribution is -2.17. The number of rotatable bonds is 3. The second-order valence-electron chi connectivity index (χ2n) is 4.41. The zero-order valence-corrected chi connectivity index (χ0v) is 10.9. The van der Waals surface area contributed by atoms with Crippen LogP contribution in [0.2, 0.25) is 0 Å². The fourth-order valence-corrected chi connectivity index (χ4v) is 3.27. The van der Waals surface area contributed by atoms with Crippen molar-refractivity contribution in [1.82, 2.24) is 9.97 Å². The molecule has 6 nitrogen and oxygen atoms in total. The van der Waals surface area contributed by atoms with E-state index in [1.54, 1.807) is 11.3 Å². The number of anilines is 1. The van der Waals surface area contributed by atoms with Crippen molar-refractivity contribution in [2.24, 2.45) is 0 Å². The van der Waals surface area contributed by atoms with E-state index in [0.29, 0.717) is 5.95 Å². The average molecular weight is 276 g/mol. The van der Waals surface area contributed by atoms with Gasteiger partial charge in [-0.2, -0.15) is 0 Å². The fraction of sp³-hybridized carbons (Fsp3) is 0.333. The first-order valence-corrected chi connectivity index (χ1v) is 6.91. The normalized spacial score (nSPS) is 17.8. The van der Waals surface area contributed by atoms with E-state index in [1.165, 1.54) is 22.8 Å².